The Labute approximate surface area is 105 Å². The summed E-state index contributed by atoms with van der Waals surface area (Å²) in [6.45, 7) is 0. The van der Waals surface area contributed by atoms with Crippen LogP contribution >= 0.6 is 22.6 Å². The van der Waals surface area contributed by atoms with Gasteiger partial charge in [0.15, 0.2) is 0 Å². The first-order valence-electron chi connectivity index (χ1n) is 4.15. The van der Waals surface area contributed by atoms with Gasteiger partial charge in [-0.3, -0.25) is 14.9 Å². The number of nitrogens with one attached hydrogen (secondary N) is 1. The van der Waals surface area contributed by atoms with Crippen LogP contribution in [0.4, 0.5) is 11.4 Å². The highest BCUT2D eigenvalue weighted by atomic mass is 127. The van der Waals surface area contributed by atoms with Crippen LogP contribution in [-0.2, 0) is 4.79 Å². The Hall–Kier alpha value is -1.69. The summed E-state index contributed by atoms with van der Waals surface area (Å²) in [5, 5.41) is 21.3. The number of anilines is 1. The van der Waals surface area contributed by atoms with E-state index in [0.717, 1.165) is 0 Å². The van der Waals surface area contributed by atoms with Gasteiger partial charge in [-0.1, -0.05) is 0 Å². The second-order valence-corrected chi connectivity index (χ2v) is 4.05. The fourth-order valence-electron chi connectivity index (χ4n) is 1.03. The van der Waals surface area contributed by atoms with Crippen LogP contribution in [0.1, 0.15) is 6.42 Å². The first kappa shape index (κ1) is 12.4. The average molecular weight is 331 g/mol. The number of nitrogens with zero attached hydrogens (tertiary/aromatic N) is 2. The smallest absolute Gasteiger partial charge is 0.293 e. The maximum Gasteiger partial charge on any atom is 0.293 e. The molecule has 0 fully saturated rings. The molecule has 0 atom stereocenters. The van der Waals surface area contributed by atoms with Crippen molar-refractivity contribution in [3.8, 4) is 6.07 Å². The van der Waals surface area contributed by atoms with Crippen molar-refractivity contribution in [3.05, 3.63) is 31.9 Å². The fraction of sp³-hybridized carbons (Fsp3) is 0.111. The second-order valence-electron chi connectivity index (χ2n) is 2.80. The number of amides is 1. The van der Waals surface area contributed by atoms with Gasteiger partial charge in [-0.25, -0.2) is 0 Å². The molecular formula is C9H6IN3O3. The Balaban J connectivity index is 3.00. The molecule has 0 saturated carbocycles. The first-order chi connectivity index (χ1) is 7.54. The van der Waals surface area contributed by atoms with E-state index in [1.54, 1.807) is 12.1 Å². The predicted molar refractivity (Wildman–Crippen MR) is 64.7 cm³/mol. The minimum atomic E-state index is -0.579. The van der Waals surface area contributed by atoms with Gasteiger partial charge in [0.1, 0.15) is 12.1 Å². The summed E-state index contributed by atoms with van der Waals surface area (Å²) in [6.07, 6.45) is -0.330. The molecule has 0 saturated heterocycles. The molecule has 0 heterocycles. The molecule has 1 aromatic rings. The van der Waals surface area contributed by atoms with E-state index in [2.05, 4.69) is 5.32 Å². The maximum atomic E-state index is 11.1. The maximum absolute atomic E-state index is 11.1. The van der Waals surface area contributed by atoms with Crippen molar-refractivity contribution in [2.45, 2.75) is 6.42 Å². The minimum absolute atomic E-state index is 0.102. The van der Waals surface area contributed by atoms with Gasteiger partial charge in [-0.15, -0.1) is 0 Å². The van der Waals surface area contributed by atoms with Crippen molar-refractivity contribution in [1.29, 1.82) is 5.26 Å². The standard InChI is InChI=1S/C9H6IN3O3/c10-6-1-2-7(8(5-6)13(15)16)12-9(14)3-4-11/h1-2,5H,3H2,(H,12,14). The van der Waals surface area contributed by atoms with Gasteiger partial charge in [0.05, 0.1) is 11.0 Å². The fourth-order valence-corrected chi connectivity index (χ4v) is 1.50. The van der Waals surface area contributed by atoms with Crippen molar-refractivity contribution >= 4 is 39.9 Å². The number of nitro benzene ring substituents is 1. The lowest BCUT2D eigenvalue weighted by molar-refractivity contribution is -0.384. The number of rotatable bonds is 3. The minimum Gasteiger partial charge on any atom is -0.319 e. The number of hydrogen-bond donors (Lipinski definition) is 1. The van der Waals surface area contributed by atoms with Crippen LogP contribution in [0, 0.1) is 25.0 Å². The largest absolute Gasteiger partial charge is 0.319 e. The third-order valence-corrected chi connectivity index (χ3v) is 2.34. The lowest BCUT2D eigenvalue weighted by Gasteiger charge is -2.03. The summed E-state index contributed by atoms with van der Waals surface area (Å²) in [4.78, 5) is 21.2. The quantitative estimate of drug-likeness (QED) is 0.521. The van der Waals surface area contributed by atoms with Crippen LogP contribution < -0.4 is 5.32 Å². The summed E-state index contributed by atoms with van der Waals surface area (Å²) in [7, 11) is 0. The van der Waals surface area contributed by atoms with E-state index in [1.807, 2.05) is 22.6 Å². The van der Waals surface area contributed by atoms with Crippen LogP contribution in [0.25, 0.3) is 0 Å². The summed E-state index contributed by atoms with van der Waals surface area (Å²) in [5.41, 5.74) is -0.0798. The number of nitriles is 1. The second kappa shape index (κ2) is 5.41. The van der Waals surface area contributed by atoms with Crippen LogP contribution in [0.15, 0.2) is 18.2 Å². The molecule has 0 aliphatic carbocycles. The van der Waals surface area contributed by atoms with Gasteiger partial charge in [0.2, 0.25) is 5.91 Å². The molecule has 1 rings (SSSR count). The zero-order valence-corrected chi connectivity index (χ0v) is 10.1. The van der Waals surface area contributed by atoms with Gasteiger partial charge in [0.25, 0.3) is 5.69 Å². The lowest BCUT2D eigenvalue weighted by atomic mass is 10.2. The van der Waals surface area contributed by atoms with Gasteiger partial charge >= 0.3 is 0 Å². The molecule has 0 bridgehead atoms. The van der Waals surface area contributed by atoms with E-state index in [9.17, 15) is 14.9 Å². The predicted octanol–water partition coefficient (Wildman–Crippen LogP) is 2.05. The molecule has 16 heavy (non-hydrogen) atoms. The summed E-state index contributed by atoms with van der Waals surface area (Å²) in [6, 6.07) is 6.09. The van der Waals surface area contributed by atoms with Crippen molar-refractivity contribution < 1.29 is 9.72 Å². The van der Waals surface area contributed by atoms with Crippen LogP contribution in [0.3, 0.4) is 0 Å². The molecule has 0 aliphatic heterocycles. The molecular weight excluding hydrogens is 325 g/mol. The Morgan fingerprint density at radius 1 is 1.62 bits per heavy atom. The zero-order valence-electron chi connectivity index (χ0n) is 7.94. The van der Waals surface area contributed by atoms with Gasteiger partial charge in [0, 0.05) is 9.64 Å². The van der Waals surface area contributed by atoms with E-state index in [-0.39, 0.29) is 17.8 Å². The number of carbonyl (C=O) groups excluding carboxylic acids is 1. The molecule has 82 valence electrons. The highest BCUT2D eigenvalue weighted by Crippen LogP contribution is 2.26. The molecule has 1 aromatic carbocycles. The molecule has 1 N–H and O–H groups in total. The number of hydrogen-bond acceptors (Lipinski definition) is 4. The molecule has 1 amide bonds. The van der Waals surface area contributed by atoms with Gasteiger partial charge in [-0.05, 0) is 34.7 Å². The topological polar surface area (TPSA) is 96.0 Å². The highest BCUT2D eigenvalue weighted by molar-refractivity contribution is 14.1. The highest BCUT2D eigenvalue weighted by Gasteiger charge is 2.15. The number of benzene rings is 1. The molecule has 0 unspecified atom stereocenters. The van der Waals surface area contributed by atoms with Crippen LogP contribution in [-0.4, -0.2) is 10.8 Å². The van der Waals surface area contributed by atoms with E-state index in [0.29, 0.717) is 3.57 Å². The third-order valence-electron chi connectivity index (χ3n) is 1.67. The van der Waals surface area contributed by atoms with Crippen LogP contribution in [0.2, 0.25) is 0 Å². The number of carbonyl (C=O) groups is 1. The lowest BCUT2D eigenvalue weighted by Crippen LogP contribution is -2.11. The molecule has 0 radical (unpaired) electrons. The molecule has 6 nitrogen and oxygen atoms in total. The summed E-state index contributed by atoms with van der Waals surface area (Å²) < 4.78 is 0.697. The number of nitro groups is 1. The molecule has 0 aliphatic rings. The van der Waals surface area contributed by atoms with Crippen molar-refractivity contribution in [2.24, 2.45) is 0 Å². The zero-order chi connectivity index (χ0) is 12.1. The van der Waals surface area contributed by atoms with Gasteiger partial charge < -0.3 is 5.32 Å². The summed E-state index contributed by atoms with van der Waals surface area (Å²) in [5.74, 6) is -0.563. The summed E-state index contributed by atoms with van der Waals surface area (Å²) >= 11 is 1.94. The monoisotopic (exact) mass is 331 g/mol. The van der Waals surface area contributed by atoms with E-state index < -0.39 is 10.8 Å². The Morgan fingerprint density at radius 2 is 2.31 bits per heavy atom. The van der Waals surface area contributed by atoms with E-state index in [1.165, 1.54) is 12.1 Å². The Kier molecular flexibility index (Phi) is 4.19. The molecule has 7 heteroatoms. The average Bonchev–Trinajstić information content (AvgIpc) is 2.20. The third kappa shape index (κ3) is 3.16. The van der Waals surface area contributed by atoms with Gasteiger partial charge in [-0.2, -0.15) is 5.26 Å². The SMILES string of the molecule is N#CCC(=O)Nc1ccc(I)cc1[N+](=O)[O-]. The van der Waals surface area contributed by atoms with Crippen molar-refractivity contribution in [3.63, 3.8) is 0 Å². The Morgan fingerprint density at radius 3 is 2.88 bits per heavy atom. The first-order valence-corrected chi connectivity index (χ1v) is 5.23. The molecule has 0 spiro atoms. The van der Waals surface area contributed by atoms with Crippen LogP contribution in [0.5, 0.6) is 0 Å². The number of halogens is 1. The van der Waals surface area contributed by atoms with E-state index in [4.69, 9.17) is 5.26 Å². The molecule has 0 aromatic heterocycles. The van der Waals surface area contributed by atoms with Crippen molar-refractivity contribution in [2.75, 3.05) is 5.32 Å². The Bertz CT molecular complexity index is 481. The van der Waals surface area contributed by atoms with Crippen molar-refractivity contribution in [1.82, 2.24) is 0 Å². The normalized spacial score (nSPS) is 9.25. The van der Waals surface area contributed by atoms with E-state index >= 15 is 0 Å².